The molecule has 20 heavy (non-hydrogen) atoms. The van der Waals surface area contributed by atoms with Crippen molar-refractivity contribution in [3.8, 4) is 0 Å². The van der Waals surface area contributed by atoms with Crippen LogP contribution in [0.15, 0.2) is 18.2 Å². The van der Waals surface area contributed by atoms with Crippen molar-refractivity contribution >= 4 is 5.78 Å². The number of ketones is 1. The van der Waals surface area contributed by atoms with E-state index in [1.807, 2.05) is 0 Å². The normalized spacial score (nSPS) is 11.7. The number of carbonyl (C=O) groups is 1. The fourth-order valence-electron chi connectivity index (χ4n) is 1.47. The second-order valence-electron chi connectivity index (χ2n) is 3.97. The molecule has 0 aromatic heterocycles. The standard InChI is InChI=1S/C13H14F4O3/c1-19-6-7-20-5-4-12(18)9-2-3-10(11(14)8-9)13(15,16)17/h2-3,8H,4-7H2,1H3. The quantitative estimate of drug-likeness (QED) is 0.440. The van der Waals surface area contributed by atoms with Gasteiger partial charge in [0.2, 0.25) is 0 Å². The fourth-order valence-corrected chi connectivity index (χ4v) is 1.47. The third-order valence-corrected chi connectivity index (χ3v) is 2.50. The molecule has 3 nitrogen and oxygen atoms in total. The van der Waals surface area contributed by atoms with Gasteiger partial charge in [0, 0.05) is 19.1 Å². The van der Waals surface area contributed by atoms with Gasteiger partial charge in [-0.25, -0.2) is 4.39 Å². The first kappa shape index (κ1) is 16.6. The lowest BCUT2D eigenvalue weighted by molar-refractivity contribution is -0.140. The van der Waals surface area contributed by atoms with Crippen LogP contribution in [-0.4, -0.2) is 32.7 Å². The first-order valence-corrected chi connectivity index (χ1v) is 5.83. The minimum absolute atomic E-state index is 0.0332. The summed E-state index contributed by atoms with van der Waals surface area (Å²) in [5, 5.41) is 0. The fraction of sp³-hybridized carbons (Fsp3) is 0.462. The number of methoxy groups -OCH3 is 1. The Bertz CT molecular complexity index is 457. The van der Waals surface area contributed by atoms with E-state index in [0.717, 1.165) is 6.07 Å². The number of alkyl halides is 3. The van der Waals surface area contributed by atoms with Gasteiger partial charge in [-0.05, 0) is 12.1 Å². The molecule has 0 radical (unpaired) electrons. The van der Waals surface area contributed by atoms with Crippen LogP contribution in [0.2, 0.25) is 0 Å². The van der Waals surface area contributed by atoms with Gasteiger partial charge < -0.3 is 9.47 Å². The van der Waals surface area contributed by atoms with Crippen LogP contribution in [0.5, 0.6) is 0 Å². The summed E-state index contributed by atoms with van der Waals surface area (Å²) < 4.78 is 60.1. The molecule has 1 rings (SSSR count). The number of ether oxygens (including phenoxy) is 2. The first-order valence-electron chi connectivity index (χ1n) is 5.83. The first-order chi connectivity index (χ1) is 9.36. The van der Waals surface area contributed by atoms with Crippen LogP contribution in [0, 0.1) is 5.82 Å². The molecule has 0 amide bonds. The van der Waals surface area contributed by atoms with Crippen LogP contribution in [-0.2, 0) is 15.7 Å². The number of hydrogen-bond donors (Lipinski definition) is 0. The van der Waals surface area contributed by atoms with Crippen molar-refractivity contribution in [2.45, 2.75) is 12.6 Å². The van der Waals surface area contributed by atoms with Crippen molar-refractivity contribution in [1.29, 1.82) is 0 Å². The smallest absolute Gasteiger partial charge is 0.382 e. The Morgan fingerprint density at radius 1 is 1.20 bits per heavy atom. The van der Waals surface area contributed by atoms with E-state index in [1.54, 1.807) is 0 Å². The predicted octanol–water partition coefficient (Wildman–Crippen LogP) is 3.08. The van der Waals surface area contributed by atoms with Gasteiger partial charge in [-0.15, -0.1) is 0 Å². The van der Waals surface area contributed by atoms with E-state index in [2.05, 4.69) is 0 Å². The summed E-state index contributed by atoms with van der Waals surface area (Å²) in [6.07, 6.45) is -4.80. The summed E-state index contributed by atoms with van der Waals surface area (Å²) in [6, 6.07) is 2.12. The molecule has 0 saturated heterocycles. The van der Waals surface area contributed by atoms with Gasteiger partial charge in [0.05, 0.1) is 25.4 Å². The average molecular weight is 294 g/mol. The molecule has 0 saturated carbocycles. The number of halogens is 4. The largest absolute Gasteiger partial charge is 0.419 e. The molecule has 1 aromatic rings. The Balaban J connectivity index is 2.59. The van der Waals surface area contributed by atoms with Crippen LogP contribution < -0.4 is 0 Å². The molecule has 0 bridgehead atoms. The van der Waals surface area contributed by atoms with Crippen LogP contribution in [0.4, 0.5) is 17.6 Å². The van der Waals surface area contributed by atoms with Crippen molar-refractivity contribution < 1.29 is 31.8 Å². The van der Waals surface area contributed by atoms with Gasteiger partial charge in [0.1, 0.15) is 5.82 Å². The molecule has 0 aliphatic carbocycles. The topological polar surface area (TPSA) is 35.5 Å². The predicted molar refractivity (Wildman–Crippen MR) is 63.0 cm³/mol. The maximum atomic E-state index is 13.3. The van der Waals surface area contributed by atoms with E-state index in [9.17, 15) is 22.4 Å². The van der Waals surface area contributed by atoms with E-state index in [1.165, 1.54) is 7.11 Å². The van der Waals surface area contributed by atoms with Gasteiger partial charge in [-0.1, -0.05) is 6.07 Å². The molecular weight excluding hydrogens is 280 g/mol. The minimum Gasteiger partial charge on any atom is -0.382 e. The van der Waals surface area contributed by atoms with Crippen LogP contribution in [0.25, 0.3) is 0 Å². The van der Waals surface area contributed by atoms with Crippen LogP contribution in [0.1, 0.15) is 22.3 Å². The highest BCUT2D eigenvalue weighted by Gasteiger charge is 2.34. The van der Waals surface area contributed by atoms with Crippen molar-refractivity contribution in [3.63, 3.8) is 0 Å². The van der Waals surface area contributed by atoms with Crippen LogP contribution in [0.3, 0.4) is 0 Å². The highest BCUT2D eigenvalue weighted by Crippen LogP contribution is 2.31. The summed E-state index contributed by atoms with van der Waals surface area (Å²) in [7, 11) is 1.50. The molecular formula is C13H14F4O3. The summed E-state index contributed by atoms with van der Waals surface area (Å²) in [5.41, 5.74) is -1.49. The molecule has 0 fully saturated rings. The Morgan fingerprint density at radius 2 is 1.90 bits per heavy atom. The van der Waals surface area contributed by atoms with Gasteiger partial charge in [0.25, 0.3) is 0 Å². The third kappa shape index (κ3) is 4.90. The lowest BCUT2D eigenvalue weighted by Gasteiger charge is -2.09. The zero-order valence-corrected chi connectivity index (χ0v) is 10.8. The summed E-state index contributed by atoms with van der Waals surface area (Å²) >= 11 is 0. The highest BCUT2D eigenvalue weighted by atomic mass is 19.4. The number of carbonyl (C=O) groups excluding carboxylic acids is 1. The van der Waals surface area contributed by atoms with Crippen molar-refractivity contribution in [1.82, 2.24) is 0 Å². The zero-order chi connectivity index (χ0) is 15.2. The zero-order valence-electron chi connectivity index (χ0n) is 10.8. The lowest BCUT2D eigenvalue weighted by Crippen LogP contribution is -2.11. The van der Waals surface area contributed by atoms with Crippen LogP contribution >= 0.6 is 0 Å². The van der Waals surface area contributed by atoms with Gasteiger partial charge in [0.15, 0.2) is 5.78 Å². The third-order valence-electron chi connectivity index (χ3n) is 2.50. The summed E-state index contributed by atoms with van der Waals surface area (Å²) in [5.74, 6) is -1.93. The molecule has 7 heteroatoms. The molecule has 0 N–H and O–H groups in total. The number of benzene rings is 1. The SMILES string of the molecule is COCCOCCC(=O)c1ccc(C(F)(F)F)c(F)c1. The van der Waals surface area contributed by atoms with E-state index in [4.69, 9.17) is 9.47 Å². The molecule has 0 spiro atoms. The Labute approximate surface area is 113 Å². The van der Waals surface area contributed by atoms with Crippen molar-refractivity contribution in [2.24, 2.45) is 0 Å². The van der Waals surface area contributed by atoms with Crippen molar-refractivity contribution in [3.05, 3.63) is 35.1 Å². The summed E-state index contributed by atoms with van der Waals surface area (Å²) in [6.45, 7) is 0.791. The molecule has 0 aliphatic heterocycles. The molecule has 0 atom stereocenters. The maximum Gasteiger partial charge on any atom is 0.419 e. The molecule has 1 aromatic carbocycles. The van der Waals surface area contributed by atoms with Gasteiger partial charge in [-0.3, -0.25) is 4.79 Å². The molecule has 0 unspecified atom stereocenters. The number of hydrogen-bond acceptors (Lipinski definition) is 3. The highest BCUT2D eigenvalue weighted by molar-refractivity contribution is 5.96. The van der Waals surface area contributed by atoms with E-state index >= 15 is 0 Å². The second kappa shape index (κ2) is 7.35. The minimum atomic E-state index is -4.77. The van der Waals surface area contributed by atoms with E-state index < -0.39 is 23.3 Å². The van der Waals surface area contributed by atoms with Gasteiger partial charge in [-0.2, -0.15) is 13.2 Å². The molecule has 0 heterocycles. The number of Topliss-reactive ketones (excluding diaryl/α,β-unsaturated/α-hetero) is 1. The Kier molecular flexibility index (Phi) is 6.09. The Hall–Kier alpha value is -1.47. The maximum absolute atomic E-state index is 13.3. The summed E-state index contributed by atoms with van der Waals surface area (Å²) in [4.78, 5) is 11.6. The number of rotatable bonds is 7. The molecule has 112 valence electrons. The lowest BCUT2D eigenvalue weighted by atomic mass is 10.1. The molecule has 0 aliphatic rings. The van der Waals surface area contributed by atoms with Crippen molar-refractivity contribution in [2.75, 3.05) is 26.9 Å². The second-order valence-corrected chi connectivity index (χ2v) is 3.97. The van der Waals surface area contributed by atoms with E-state index in [0.29, 0.717) is 25.3 Å². The van der Waals surface area contributed by atoms with E-state index in [-0.39, 0.29) is 18.6 Å². The Morgan fingerprint density at radius 3 is 2.45 bits per heavy atom. The monoisotopic (exact) mass is 294 g/mol. The van der Waals surface area contributed by atoms with Gasteiger partial charge >= 0.3 is 6.18 Å². The average Bonchev–Trinajstić information content (AvgIpc) is 2.36.